The van der Waals surface area contributed by atoms with Crippen molar-refractivity contribution in [3.05, 3.63) is 42.0 Å². The maximum absolute atomic E-state index is 12.1. The molecule has 6 nitrogen and oxygen atoms in total. The molecule has 2 aromatic rings. The average Bonchev–Trinajstić information content (AvgIpc) is 3.13. The lowest BCUT2D eigenvalue weighted by Gasteiger charge is -2.17. The molecule has 0 radical (unpaired) electrons. The highest BCUT2D eigenvalue weighted by Gasteiger charge is 2.18. The number of carbonyl (C=O) groups is 1. The Bertz CT molecular complexity index is 609. The number of nitrogens with zero attached hydrogens (tertiary/aromatic N) is 3. The molecule has 0 aliphatic heterocycles. The number of urea groups is 1. The van der Waals surface area contributed by atoms with Crippen LogP contribution in [0.2, 0.25) is 0 Å². The fourth-order valence-corrected chi connectivity index (χ4v) is 2.27. The van der Waals surface area contributed by atoms with E-state index in [0.717, 1.165) is 24.4 Å². The minimum absolute atomic E-state index is 0.00798. The first-order chi connectivity index (χ1) is 10.9. The van der Waals surface area contributed by atoms with E-state index >= 15 is 0 Å². The van der Waals surface area contributed by atoms with Crippen molar-refractivity contribution in [2.75, 3.05) is 13.6 Å². The summed E-state index contributed by atoms with van der Waals surface area (Å²) in [5.41, 5.74) is 1.96. The Morgan fingerprint density at radius 1 is 1.35 bits per heavy atom. The van der Waals surface area contributed by atoms with Gasteiger partial charge in [-0.2, -0.15) is 5.10 Å². The fraction of sp³-hybridized carbons (Fsp3) is 0.529. The van der Waals surface area contributed by atoms with Crippen molar-refractivity contribution < 1.29 is 4.79 Å². The van der Waals surface area contributed by atoms with E-state index in [-0.39, 0.29) is 11.4 Å². The number of carbonyl (C=O) groups excluding carboxylic acids is 1. The second-order valence-corrected chi connectivity index (χ2v) is 6.89. The molecule has 0 fully saturated rings. The van der Waals surface area contributed by atoms with Crippen LogP contribution < -0.4 is 5.32 Å². The standard InChI is InChI=1S/C17H27N5O/c1-17(2,3)15-12-14(19-20-15)13-21(4)16(23)18-8-7-11-22-9-5-6-10-22/h5-6,9-10,12H,7-8,11,13H2,1-4H3,(H,18,23)(H,19,20). The van der Waals surface area contributed by atoms with Crippen LogP contribution >= 0.6 is 0 Å². The average molecular weight is 317 g/mol. The lowest BCUT2D eigenvalue weighted by Crippen LogP contribution is -2.37. The highest BCUT2D eigenvalue weighted by atomic mass is 16.2. The predicted octanol–water partition coefficient (Wildman–Crippen LogP) is 2.74. The van der Waals surface area contributed by atoms with Crippen LogP contribution in [0.1, 0.15) is 38.6 Å². The maximum Gasteiger partial charge on any atom is 0.317 e. The summed E-state index contributed by atoms with van der Waals surface area (Å²) in [6.45, 7) is 8.45. The van der Waals surface area contributed by atoms with Gasteiger partial charge in [-0.3, -0.25) is 5.10 Å². The van der Waals surface area contributed by atoms with E-state index in [4.69, 9.17) is 0 Å². The summed E-state index contributed by atoms with van der Waals surface area (Å²) in [7, 11) is 1.79. The molecular formula is C17H27N5O. The number of nitrogens with one attached hydrogen (secondary N) is 2. The van der Waals surface area contributed by atoms with Crippen LogP contribution in [0.4, 0.5) is 4.79 Å². The van der Waals surface area contributed by atoms with Crippen LogP contribution in [0, 0.1) is 0 Å². The molecule has 23 heavy (non-hydrogen) atoms. The van der Waals surface area contributed by atoms with E-state index in [0.29, 0.717) is 13.1 Å². The summed E-state index contributed by atoms with van der Waals surface area (Å²) in [6.07, 6.45) is 4.96. The first-order valence-corrected chi connectivity index (χ1v) is 8.01. The number of hydrogen-bond acceptors (Lipinski definition) is 2. The Hall–Kier alpha value is -2.24. The summed E-state index contributed by atoms with van der Waals surface area (Å²) in [5.74, 6) is 0. The van der Waals surface area contributed by atoms with Crippen molar-refractivity contribution in [2.24, 2.45) is 0 Å². The van der Waals surface area contributed by atoms with Crippen LogP contribution in [0.3, 0.4) is 0 Å². The summed E-state index contributed by atoms with van der Waals surface area (Å²) in [5, 5.41) is 10.3. The number of rotatable bonds is 6. The van der Waals surface area contributed by atoms with Gasteiger partial charge in [0.1, 0.15) is 0 Å². The zero-order valence-corrected chi connectivity index (χ0v) is 14.5. The molecule has 2 rings (SSSR count). The van der Waals surface area contributed by atoms with Gasteiger partial charge in [-0.1, -0.05) is 20.8 Å². The molecule has 0 atom stereocenters. The second-order valence-electron chi connectivity index (χ2n) is 6.89. The number of hydrogen-bond donors (Lipinski definition) is 2. The van der Waals surface area contributed by atoms with Crippen molar-refractivity contribution in [3.8, 4) is 0 Å². The van der Waals surface area contributed by atoms with Crippen molar-refractivity contribution >= 4 is 6.03 Å². The SMILES string of the molecule is CN(Cc1cc(C(C)(C)C)n[nH]1)C(=O)NCCCn1cccc1. The van der Waals surface area contributed by atoms with E-state index in [9.17, 15) is 4.79 Å². The van der Waals surface area contributed by atoms with E-state index in [2.05, 4.69) is 40.9 Å². The third kappa shape index (κ3) is 5.16. The highest BCUT2D eigenvalue weighted by molar-refractivity contribution is 5.73. The Kier molecular flexibility index (Phi) is 5.47. The van der Waals surface area contributed by atoms with Gasteiger partial charge in [-0.25, -0.2) is 4.79 Å². The zero-order chi connectivity index (χ0) is 16.9. The number of aromatic nitrogens is 3. The number of amides is 2. The van der Waals surface area contributed by atoms with Crippen LogP contribution in [0.5, 0.6) is 0 Å². The van der Waals surface area contributed by atoms with Crippen molar-refractivity contribution in [2.45, 2.75) is 45.7 Å². The molecule has 2 N–H and O–H groups in total. The summed E-state index contributed by atoms with van der Waals surface area (Å²) >= 11 is 0. The summed E-state index contributed by atoms with van der Waals surface area (Å²) in [6, 6.07) is 5.96. The second kappa shape index (κ2) is 7.35. The van der Waals surface area contributed by atoms with Gasteiger partial charge in [0, 0.05) is 37.9 Å². The molecule has 0 aliphatic rings. The Labute approximate surface area is 137 Å². The van der Waals surface area contributed by atoms with Crippen LogP contribution in [-0.2, 0) is 18.5 Å². The van der Waals surface area contributed by atoms with E-state index < -0.39 is 0 Å². The molecule has 0 aliphatic carbocycles. The normalized spacial score (nSPS) is 11.5. The van der Waals surface area contributed by atoms with Crippen LogP contribution in [0.15, 0.2) is 30.6 Å². The topological polar surface area (TPSA) is 66.0 Å². The monoisotopic (exact) mass is 317 g/mol. The van der Waals surface area contributed by atoms with E-state index in [1.54, 1.807) is 11.9 Å². The molecule has 2 amide bonds. The van der Waals surface area contributed by atoms with Crippen molar-refractivity contribution in [1.82, 2.24) is 25.0 Å². The number of H-pyrrole nitrogens is 1. The van der Waals surface area contributed by atoms with Gasteiger partial charge in [0.25, 0.3) is 0 Å². The smallest absolute Gasteiger partial charge is 0.317 e. The molecule has 0 saturated heterocycles. The van der Waals surface area contributed by atoms with Gasteiger partial charge >= 0.3 is 6.03 Å². The van der Waals surface area contributed by atoms with Gasteiger partial charge in [0.2, 0.25) is 0 Å². The van der Waals surface area contributed by atoms with Gasteiger partial charge in [-0.05, 0) is 24.6 Å². The molecule has 0 aromatic carbocycles. The lowest BCUT2D eigenvalue weighted by molar-refractivity contribution is 0.206. The Morgan fingerprint density at radius 2 is 2.04 bits per heavy atom. The molecule has 0 bridgehead atoms. The summed E-state index contributed by atoms with van der Waals surface area (Å²) < 4.78 is 2.11. The van der Waals surface area contributed by atoms with Gasteiger partial charge in [0.05, 0.1) is 17.9 Å². The summed E-state index contributed by atoms with van der Waals surface area (Å²) in [4.78, 5) is 13.7. The molecule has 0 unspecified atom stereocenters. The van der Waals surface area contributed by atoms with Gasteiger partial charge in [0.15, 0.2) is 0 Å². The van der Waals surface area contributed by atoms with Crippen LogP contribution in [-0.4, -0.2) is 39.3 Å². The minimum Gasteiger partial charge on any atom is -0.354 e. The van der Waals surface area contributed by atoms with Crippen molar-refractivity contribution in [3.63, 3.8) is 0 Å². The third-order valence-electron chi connectivity index (χ3n) is 3.69. The number of aryl methyl sites for hydroxylation is 1. The van der Waals surface area contributed by atoms with Crippen LogP contribution in [0.25, 0.3) is 0 Å². The lowest BCUT2D eigenvalue weighted by atomic mass is 9.92. The highest BCUT2D eigenvalue weighted by Crippen LogP contribution is 2.20. The first kappa shape index (κ1) is 17.1. The van der Waals surface area contributed by atoms with Crippen molar-refractivity contribution in [1.29, 1.82) is 0 Å². The Morgan fingerprint density at radius 3 is 2.65 bits per heavy atom. The molecule has 6 heteroatoms. The maximum atomic E-state index is 12.1. The molecule has 126 valence electrons. The molecule has 2 heterocycles. The van der Waals surface area contributed by atoms with E-state index in [1.165, 1.54) is 0 Å². The first-order valence-electron chi connectivity index (χ1n) is 8.01. The van der Waals surface area contributed by atoms with Gasteiger partial charge < -0.3 is 14.8 Å². The van der Waals surface area contributed by atoms with E-state index in [1.807, 2.05) is 30.6 Å². The molecular weight excluding hydrogens is 290 g/mol. The largest absolute Gasteiger partial charge is 0.354 e. The molecule has 2 aromatic heterocycles. The fourth-order valence-electron chi connectivity index (χ4n) is 2.27. The Balaban J connectivity index is 1.73. The molecule has 0 saturated carbocycles. The van der Waals surface area contributed by atoms with Gasteiger partial charge in [-0.15, -0.1) is 0 Å². The quantitative estimate of drug-likeness (QED) is 0.805. The zero-order valence-electron chi connectivity index (χ0n) is 14.5. The predicted molar refractivity (Wildman–Crippen MR) is 91.2 cm³/mol. The third-order valence-corrected chi connectivity index (χ3v) is 3.69. The minimum atomic E-state index is -0.0654. The number of aromatic amines is 1. The molecule has 0 spiro atoms.